The number of aromatic nitrogens is 1. The Hall–Kier alpha value is -2.27. The SMILES string of the molecule is Cc1ccccc1NC(=S)N/N=C\c1cccnc1. The summed E-state index contributed by atoms with van der Waals surface area (Å²) in [6.45, 7) is 2.02. The summed E-state index contributed by atoms with van der Waals surface area (Å²) < 4.78 is 0. The molecule has 0 radical (unpaired) electrons. The molecule has 2 aromatic rings. The first kappa shape index (κ1) is 13.2. The molecule has 0 aliphatic carbocycles. The van der Waals surface area contributed by atoms with Crippen molar-refractivity contribution < 1.29 is 0 Å². The van der Waals surface area contributed by atoms with E-state index in [0.29, 0.717) is 5.11 Å². The first-order chi connectivity index (χ1) is 9.25. The van der Waals surface area contributed by atoms with Crippen molar-refractivity contribution in [3.63, 3.8) is 0 Å². The Labute approximate surface area is 117 Å². The number of pyridine rings is 1. The molecule has 0 saturated heterocycles. The first-order valence-corrected chi connectivity index (χ1v) is 6.22. The third-order valence-corrected chi connectivity index (χ3v) is 2.65. The average Bonchev–Trinajstić information content (AvgIpc) is 2.43. The number of rotatable bonds is 3. The van der Waals surface area contributed by atoms with Crippen molar-refractivity contribution in [1.29, 1.82) is 0 Å². The van der Waals surface area contributed by atoms with Gasteiger partial charge in [0.15, 0.2) is 5.11 Å². The minimum Gasteiger partial charge on any atom is -0.331 e. The molecule has 0 bridgehead atoms. The van der Waals surface area contributed by atoms with Crippen LogP contribution in [0.2, 0.25) is 0 Å². The summed E-state index contributed by atoms with van der Waals surface area (Å²) in [5.74, 6) is 0. The van der Waals surface area contributed by atoms with Crippen LogP contribution in [0.1, 0.15) is 11.1 Å². The maximum absolute atomic E-state index is 5.16. The zero-order valence-electron chi connectivity index (χ0n) is 10.5. The van der Waals surface area contributed by atoms with Gasteiger partial charge in [-0.2, -0.15) is 5.10 Å². The fourth-order valence-corrected chi connectivity index (χ4v) is 1.64. The Kier molecular flexibility index (Phi) is 4.58. The number of nitrogens with zero attached hydrogens (tertiary/aromatic N) is 2. The molecule has 0 fully saturated rings. The molecule has 0 amide bonds. The second-order valence-electron chi connectivity index (χ2n) is 3.93. The van der Waals surface area contributed by atoms with Gasteiger partial charge in [0.05, 0.1) is 6.21 Å². The van der Waals surface area contributed by atoms with Gasteiger partial charge in [-0.1, -0.05) is 24.3 Å². The van der Waals surface area contributed by atoms with E-state index in [2.05, 4.69) is 20.8 Å². The number of aryl methyl sites for hydroxylation is 1. The van der Waals surface area contributed by atoms with Gasteiger partial charge in [0, 0.05) is 23.6 Å². The monoisotopic (exact) mass is 270 g/mol. The molecule has 0 unspecified atom stereocenters. The summed E-state index contributed by atoms with van der Waals surface area (Å²) in [5, 5.41) is 7.59. The number of benzene rings is 1. The highest BCUT2D eigenvalue weighted by atomic mass is 32.1. The molecule has 1 heterocycles. The fourth-order valence-electron chi connectivity index (χ4n) is 1.48. The highest BCUT2D eigenvalue weighted by molar-refractivity contribution is 7.80. The van der Waals surface area contributed by atoms with Crippen LogP contribution in [0.15, 0.2) is 53.9 Å². The van der Waals surface area contributed by atoms with Gasteiger partial charge in [-0.3, -0.25) is 10.4 Å². The average molecular weight is 270 g/mol. The minimum absolute atomic E-state index is 0.453. The van der Waals surface area contributed by atoms with Crippen molar-refractivity contribution in [2.75, 3.05) is 5.32 Å². The molecule has 0 aliphatic heterocycles. The molecule has 0 atom stereocenters. The van der Waals surface area contributed by atoms with E-state index in [9.17, 15) is 0 Å². The lowest BCUT2D eigenvalue weighted by atomic mass is 10.2. The van der Waals surface area contributed by atoms with Crippen molar-refractivity contribution in [1.82, 2.24) is 10.4 Å². The normalized spacial score (nSPS) is 10.4. The highest BCUT2D eigenvalue weighted by Gasteiger charge is 1.98. The van der Waals surface area contributed by atoms with E-state index in [1.54, 1.807) is 18.6 Å². The summed E-state index contributed by atoms with van der Waals surface area (Å²) in [6, 6.07) is 11.7. The van der Waals surface area contributed by atoms with Crippen molar-refractivity contribution in [3.8, 4) is 0 Å². The van der Waals surface area contributed by atoms with E-state index >= 15 is 0 Å². The van der Waals surface area contributed by atoms with Crippen LogP contribution in [0.5, 0.6) is 0 Å². The molecule has 0 spiro atoms. The topological polar surface area (TPSA) is 49.3 Å². The number of hydrogen-bond donors (Lipinski definition) is 2. The third-order valence-electron chi connectivity index (χ3n) is 2.46. The van der Waals surface area contributed by atoms with Gasteiger partial charge in [0.1, 0.15) is 0 Å². The van der Waals surface area contributed by atoms with Gasteiger partial charge < -0.3 is 5.32 Å². The quantitative estimate of drug-likeness (QED) is 0.511. The summed E-state index contributed by atoms with van der Waals surface area (Å²) >= 11 is 5.16. The van der Waals surface area contributed by atoms with Gasteiger partial charge in [-0.15, -0.1) is 0 Å². The first-order valence-electron chi connectivity index (χ1n) is 5.81. The Bertz CT molecular complexity index is 581. The van der Waals surface area contributed by atoms with Gasteiger partial charge in [-0.25, -0.2) is 0 Å². The van der Waals surface area contributed by atoms with E-state index < -0.39 is 0 Å². The van der Waals surface area contributed by atoms with Crippen LogP contribution in [0.3, 0.4) is 0 Å². The summed E-state index contributed by atoms with van der Waals surface area (Å²) in [6.07, 6.45) is 5.11. The number of thiocarbonyl (C=S) groups is 1. The molecule has 19 heavy (non-hydrogen) atoms. The van der Waals surface area contributed by atoms with E-state index in [1.165, 1.54) is 0 Å². The molecule has 2 rings (SSSR count). The Morgan fingerprint density at radius 1 is 1.26 bits per heavy atom. The lowest BCUT2D eigenvalue weighted by Gasteiger charge is -2.09. The van der Waals surface area contributed by atoms with Gasteiger partial charge in [0.2, 0.25) is 0 Å². The standard InChI is InChI=1S/C14H14N4S/c1-11-5-2-3-7-13(11)17-14(19)18-16-10-12-6-4-8-15-9-12/h2-10H,1H3,(H2,17,18,19)/b16-10-. The molecular formula is C14H14N4S. The molecule has 0 aliphatic rings. The van der Waals surface area contributed by atoms with Gasteiger partial charge in [-0.05, 0) is 36.8 Å². The van der Waals surface area contributed by atoms with Crippen LogP contribution in [0, 0.1) is 6.92 Å². The largest absolute Gasteiger partial charge is 0.331 e. The lowest BCUT2D eigenvalue weighted by molar-refractivity contribution is 1.05. The predicted octanol–water partition coefficient (Wildman–Crippen LogP) is 2.71. The number of anilines is 1. The lowest BCUT2D eigenvalue weighted by Crippen LogP contribution is -2.24. The zero-order chi connectivity index (χ0) is 13.5. The van der Waals surface area contributed by atoms with E-state index in [-0.39, 0.29) is 0 Å². The van der Waals surface area contributed by atoms with E-state index in [0.717, 1.165) is 16.8 Å². The molecule has 96 valence electrons. The second-order valence-corrected chi connectivity index (χ2v) is 4.33. The summed E-state index contributed by atoms with van der Waals surface area (Å²) in [4.78, 5) is 3.99. The predicted molar refractivity (Wildman–Crippen MR) is 82.4 cm³/mol. The zero-order valence-corrected chi connectivity index (χ0v) is 11.3. The molecule has 1 aromatic carbocycles. The number of para-hydroxylation sites is 1. The number of hydrazone groups is 1. The van der Waals surface area contributed by atoms with Crippen LogP contribution >= 0.6 is 12.2 Å². The smallest absolute Gasteiger partial charge is 0.191 e. The highest BCUT2D eigenvalue weighted by Crippen LogP contribution is 2.12. The third kappa shape index (κ3) is 4.15. The van der Waals surface area contributed by atoms with E-state index in [4.69, 9.17) is 12.2 Å². The van der Waals surface area contributed by atoms with Crippen LogP contribution in [-0.2, 0) is 0 Å². The molecular weight excluding hydrogens is 256 g/mol. The summed E-state index contributed by atoms with van der Waals surface area (Å²) in [7, 11) is 0. The van der Waals surface area contributed by atoms with Crippen LogP contribution in [-0.4, -0.2) is 16.3 Å². The van der Waals surface area contributed by atoms with Gasteiger partial charge in [0.25, 0.3) is 0 Å². The van der Waals surface area contributed by atoms with Crippen LogP contribution in [0.25, 0.3) is 0 Å². The Morgan fingerprint density at radius 3 is 2.84 bits per heavy atom. The fraction of sp³-hybridized carbons (Fsp3) is 0.0714. The van der Waals surface area contributed by atoms with Crippen molar-refractivity contribution in [2.45, 2.75) is 6.92 Å². The Balaban J connectivity index is 1.89. The molecule has 5 heteroatoms. The second kappa shape index (κ2) is 6.61. The minimum atomic E-state index is 0.453. The van der Waals surface area contributed by atoms with Crippen molar-refractivity contribution in [3.05, 3.63) is 59.9 Å². The van der Waals surface area contributed by atoms with Crippen molar-refractivity contribution >= 4 is 29.2 Å². The maximum Gasteiger partial charge on any atom is 0.191 e. The number of nitrogens with one attached hydrogen (secondary N) is 2. The van der Waals surface area contributed by atoms with E-state index in [1.807, 2.05) is 43.3 Å². The van der Waals surface area contributed by atoms with Crippen LogP contribution in [0.4, 0.5) is 5.69 Å². The summed E-state index contributed by atoms with van der Waals surface area (Å²) in [5.41, 5.74) is 5.78. The van der Waals surface area contributed by atoms with Gasteiger partial charge >= 0.3 is 0 Å². The molecule has 4 nitrogen and oxygen atoms in total. The molecule has 0 saturated carbocycles. The maximum atomic E-state index is 5.16. The molecule has 2 N–H and O–H groups in total. The molecule has 1 aromatic heterocycles. The Morgan fingerprint density at radius 2 is 2.11 bits per heavy atom. The number of hydrogen-bond acceptors (Lipinski definition) is 3. The van der Waals surface area contributed by atoms with Crippen LogP contribution < -0.4 is 10.7 Å². The van der Waals surface area contributed by atoms with Crippen molar-refractivity contribution in [2.24, 2.45) is 5.10 Å².